The first-order valence-corrected chi connectivity index (χ1v) is 38.3. The number of hydrogen-bond donors (Lipinski definition) is 1. The maximum atomic E-state index is 13.6. The van der Waals surface area contributed by atoms with Crippen molar-refractivity contribution in [1.82, 2.24) is 0 Å². The lowest BCUT2D eigenvalue weighted by Gasteiger charge is -2.38. The first-order valence-electron chi connectivity index (χ1n) is 35.5. The highest BCUT2D eigenvalue weighted by Crippen LogP contribution is 2.43. The number of esters is 1. The zero-order valence-corrected chi connectivity index (χ0v) is 62.8. The lowest BCUT2D eigenvalue weighted by molar-refractivity contribution is -0.153. The minimum Gasteiger partial charge on any atom is -0.497 e. The highest BCUT2D eigenvalue weighted by atomic mass is 127. The Balaban J connectivity index is 0.000000271. The van der Waals surface area contributed by atoms with E-state index in [-0.39, 0.29) is 103 Å². The number of benzene rings is 2. The van der Waals surface area contributed by atoms with Crippen molar-refractivity contribution < 1.29 is 65.7 Å². The van der Waals surface area contributed by atoms with Gasteiger partial charge in [0.2, 0.25) is 0 Å². The van der Waals surface area contributed by atoms with Gasteiger partial charge in [0, 0.05) is 38.4 Å². The Kier molecular flexibility index (Phi) is 35.2. The lowest BCUT2D eigenvalue weighted by atomic mass is 9.83. The minimum absolute atomic E-state index is 0.0163. The Bertz CT molecular complexity index is 2710. The van der Waals surface area contributed by atoms with Gasteiger partial charge in [-0.25, -0.2) is 8.42 Å². The van der Waals surface area contributed by atoms with E-state index in [1.54, 1.807) is 38.5 Å². The number of allylic oxidation sites excluding steroid dienone is 1. The van der Waals surface area contributed by atoms with Crippen molar-refractivity contribution in [2.24, 2.45) is 52.8 Å². The van der Waals surface area contributed by atoms with Crippen molar-refractivity contribution in [3.05, 3.63) is 107 Å². The summed E-state index contributed by atoms with van der Waals surface area (Å²) in [5.74, 6) is 3.66. The molecule has 5 aliphatic rings. The minimum atomic E-state index is -3.55. The third kappa shape index (κ3) is 26.1. The Morgan fingerprint density at radius 1 is 0.745 bits per heavy atom. The summed E-state index contributed by atoms with van der Waals surface area (Å²) in [5, 5.41) is 9.17. The van der Waals surface area contributed by atoms with Crippen LogP contribution in [0, 0.1) is 52.8 Å². The van der Waals surface area contributed by atoms with Crippen LogP contribution in [-0.4, -0.2) is 133 Å². The van der Waals surface area contributed by atoms with Crippen molar-refractivity contribution >= 4 is 44.7 Å². The SMILES string of the molecule is C=C(I)[C@H](C)C[C@H](C)CC[C@@H]1O[C@@H](CCCOC(=O)C(C)(C)C)CC1=C.C=C1C[C@H](CCCO)O[C@H]1CC[C@H]1C[C@@H](C)C(=C)[C@@H](C[C@@H]2O[C@H](C[C@H](C)CC)[C@H](OC)[C@H]2CS(=O)(=O)c2ccccc2)O1.CC[C@@H](C)C[C@H]1O[C@@H](CC=O)[C@H](COCc2ccc(OC)cc2)[C@H]1C. The second kappa shape index (κ2) is 40.7. The molecule has 0 radical (unpaired) electrons. The van der Waals surface area contributed by atoms with Gasteiger partial charge in [0.15, 0.2) is 9.84 Å². The molecule has 0 unspecified atom stereocenters. The topological polar surface area (TPSA) is 172 Å². The molecule has 0 bridgehead atoms. The quantitative estimate of drug-likeness (QED) is 0.0227. The molecule has 0 amide bonds. The third-order valence-corrected chi connectivity index (χ3v) is 23.3. The molecule has 16 heteroatoms. The summed E-state index contributed by atoms with van der Waals surface area (Å²) >= 11 is 2.33. The van der Waals surface area contributed by atoms with E-state index in [9.17, 15) is 23.1 Å². The van der Waals surface area contributed by atoms with Crippen LogP contribution in [0.15, 0.2) is 106 Å². The number of aliphatic hydroxyl groups excluding tert-OH is 1. The molecule has 94 heavy (non-hydrogen) atoms. The van der Waals surface area contributed by atoms with Gasteiger partial charge in [0.05, 0.1) is 110 Å². The van der Waals surface area contributed by atoms with Gasteiger partial charge in [-0.2, -0.15) is 0 Å². The van der Waals surface area contributed by atoms with Gasteiger partial charge >= 0.3 is 5.97 Å². The molecule has 5 heterocycles. The van der Waals surface area contributed by atoms with Crippen molar-refractivity contribution in [3.8, 4) is 5.75 Å². The van der Waals surface area contributed by atoms with Gasteiger partial charge in [-0.1, -0.05) is 125 Å². The zero-order chi connectivity index (χ0) is 69.3. The summed E-state index contributed by atoms with van der Waals surface area (Å²) in [4.78, 5) is 23.1. The molecular weight excluding hydrogens is 1320 g/mol. The number of aldehydes is 1. The summed E-state index contributed by atoms with van der Waals surface area (Å²) < 4.78 is 82.9. The van der Waals surface area contributed by atoms with Crippen LogP contribution in [0.4, 0.5) is 0 Å². The highest BCUT2D eigenvalue weighted by molar-refractivity contribution is 14.1. The number of methoxy groups -OCH3 is 2. The number of carbonyl (C=O) groups excluding carboxylic acids is 2. The van der Waals surface area contributed by atoms with Gasteiger partial charge in [-0.05, 0) is 219 Å². The van der Waals surface area contributed by atoms with Gasteiger partial charge in [-0.15, -0.1) is 0 Å². The maximum Gasteiger partial charge on any atom is 0.311 e. The Morgan fingerprint density at radius 3 is 1.91 bits per heavy atom. The van der Waals surface area contributed by atoms with Gasteiger partial charge in [0.1, 0.15) is 12.0 Å². The third-order valence-electron chi connectivity index (χ3n) is 20.5. The van der Waals surface area contributed by atoms with E-state index in [0.717, 1.165) is 125 Å². The van der Waals surface area contributed by atoms with E-state index in [4.69, 9.17) is 42.6 Å². The average molecular weight is 1440 g/mol. The predicted molar refractivity (Wildman–Crippen MR) is 386 cm³/mol. The standard InChI is InChI=1S/C35H54O7S.C22H37IO3.C21H32O4/c1-7-23(2)18-34-35(39-6)30(22-43(37,38)29-13-9-8-10-14-29)33(42-34)21-32-26(5)24(3)19-28(41-32)15-16-31-25(4)20-27(40-31)12-11-17-36;1-15(13-16(2)18(4)23)10-11-20-17(3)14-19(26-20)9-8-12-25-21(24)22(5,6)7;1-5-15(2)12-21-16(3)19(20(25-21)10-11-22)14-24-13-17-6-8-18(23-4)9-7-17/h8-10,13-14,23-24,27-28,30-36H,4-5,7,11-12,15-22H2,1-3,6H3;15-16,19-20H,3-4,8-14H2,1-2,5-7H3;6-9,11,15-16,19-21H,5,10,12-14H2,1-4H3/t23-,24-,27+,28+,30+,31+,32-,33+,34-,35-;15-,16-,19+,20+;15-,16-,19-,20+,21-/m111/s1. The lowest BCUT2D eigenvalue weighted by Crippen LogP contribution is -2.40. The van der Waals surface area contributed by atoms with Crippen molar-refractivity contribution in [2.45, 2.75) is 270 Å². The fourth-order valence-electron chi connectivity index (χ4n) is 13.9. The van der Waals surface area contributed by atoms with Crippen LogP contribution in [0.2, 0.25) is 0 Å². The monoisotopic (exact) mass is 1440 g/mol. The summed E-state index contributed by atoms with van der Waals surface area (Å²) in [6.07, 6.45) is 17.1. The summed E-state index contributed by atoms with van der Waals surface area (Å²) in [6.45, 7) is 42.3. The molecule has 0 aliphatic carbocycles. The van der Waals surface area contributed by atoms with Crippen LogP contribution in [0.25, 0.3) is 0 Å². The zero-order valence-electron chi connectivity index (χ0n) is 59.9. The number of ether oxygens (including phenoxy) is 9. The first kappa shape index (κ1) is 81.4. The van der Waals surface area contributed by atoms with Crippen LogP contribution in [-0.2, 0) is 63.9 Å². The summed E-state index contributed by atoms with van der Waals surface area (Å²) in [6, 6.07) is 16.6. The van der Waals surface area contributed by atoms with Crippen LogP contribution >= 0.6 is 22.6 Å². The van der Waals surface area contributed by atoms with Crippen molar-refractivity contribution in [2.75, 3.05) is 39.8 Å². The molecule has 0 aromatic heterocycles. The fourth-order valence-corrected chi connectivity index (χ4v) is 15.8. The van der Waals surface area contributed by atoms with E-state index in [2.05, 4.69) is 104 Å². The Labute approximate surface area is 582 Å². The molecule has 2 aromatic carbocycles. The maximum absolute atomic E-state index is 13.6. The molecule has 5 saturated heterocycles. The molecule has 0 spiro atoms. The molecule has 0 saturated carbocycles. The van der Waals surface area contributed by atoms with Crippen molar-refractivity contribution in [3.63, 3.8) is 0 Å². The number of aliphatic hydroxyl groups is 1. The van der Waals surface area contributed by atoms with E-state index in [0.29, 0.717) is 67.1 Å². The molecular formula is C78H123IO14S. The molecule has 5 fully saturated rings. The molecule has 5 aliphatic heterocycles. The van der Waals surface area contributed by atoms with Gasteiger partial charge in [-0.3, -0.25) is 4.79 Å². The number of hydrogen-bond acceptors (Lipinski definition) is 14. The number of sulfone groups is 1. The van der Waals surface area contributed by atoms with Gasteiger partial charge in [0.25, 0.3) is 0 Å². The van der Waals surface area contributed by atoms with E-state index >= 15 is 0 Å². The number of rotatable bonds is 35. The average Bonchev–Trinajstić information content (AvgIpc) is 1.61. The Morgan fingerprint density at radius 2 is 1.34 bits per heavy atom. The highest BCUT2D eigenvalue weighted by Gasteiger charge is 2.49. The number of carbonyl (C=O) groups is 2. The molecule has 532 valence electrons. The van der Waals surface area contributed by atoms with Crippen LogP contribution in [0.1, 0.15) is 197 Å². The van der Waals surface area contributed by atoms with E-state index < -0.39 is 15.3 Å². The first-order chi connectivity index (χ1) is 44.6. The molecule has 1 N–H and O–H groups in total. The molecule has 2 aromatic rings. The second-order valence-electron chi connectivity index (χ2n) is 29.3. The van der Waals surface area contributed by atoms with Crippen molar-refractivity contribution in [1.29, 1.82) is 0 Å². The largest absolute Gasteiger partial charge is 0.497 e. The fraction of sp³-hybridized carbons (Fsp3) is 0.718. The van der Waals surface area contributed by atoms with Crippen LogP contribution in [0.3, 0.4) is 0 Å². The van der Waals surface area contributed by atoms with Crippen LogP contribution < -0.4 is 4.74 Å². The summed E-state index contributed by atoms with van der Waals surface area (Å²) in [5.41, 5.74) is 4.10. The Hall–Kier alpha value is -3.30. The molecule has 19 atom stereocenters. The molecule has 7 rings (SSSR count). The smallest absolute Gasteiger partial charge is 0.311 e. The number of halogens is 1. The van der Waals surface area contributed by atoms with E-state index in [1.807, 2.05) is 51.1 Å². The van der Waals surface area contributed by atoms with Crippen LogP contribution in [0.5, 0.6) is 5.75 Å². The molecule has 14 nitrogen and oxygen atoms in total. The summed E-state index contributed by atoms with van der Waals surface area (Å²) in [7, 11) is -0.213. The van der Waals surface area contributed by atoms with Gasteiger partial charge < -0.3 is 52.5 Å². The predicted octanol–water partition coefficient (Wildman–Crippen LogP) is 17.0. The normalized spacial score (nSPS) is 29.2. The van der Waals surface area contributed by atoms with E-state index in [1.165, 1.54) is 15.6 Å². The second-order valence-corrected chi connectivity index (χ2v) is 32.7.